The van der Waals surface area contributed by atoms with E-state index in [1.165, 1.54) is 10.4 Å². The molecule has 2 saturated heterocycles. The quantitative estimate of drug-likeness (QED) is 0.799. The van der Waals surface area contributed by atoms with Crippen LogP contribution in [0.25, 0.3) is 0 Å². The van der Waals surface area contributed by atoms with Gasteiger partial charge in [0.1, 0.15) is 12.1 Å². The minimum atomic E-state index is -0.317. The van der Waals surface area contributed by atoms with Gasteiger partial charge in [0, 0.05) is 11.4 Å². The van der Waals surface area contributed by atoms with Gasteiger partial charge in [-0.1, -0.05) is 0 Å². The molecule has 1 aromatic heterocycles. The first kappa shape index (κ1) is 13.3. The highest BCUT2D eigenvalue weighted by Gasteiger charge is 2.48. The van der Waals surface area contributed by atoms with Crippen LogP contribution in [0.3, 0.4) is 0 Å². The Bertz CT molecular complexity index is 597. The molecule has 21 heavy (non-hydrogen) atoms. The van der Waals surface area contributed by atoms with Crippen LogP contribution in [0.15, 0.2) is 11.4 Å². The molecule has 4 rings (SSSR count). The van der Waals surface area contributed by atoms with Gasteiger partial charge in [-0.05, 0) is 56.0 Å². The number of hydrogen-bond donors (Lipinski definition) is 0. The second-order valence-electron chi connectivity index (χ2n) is 6.32. The SMILES string of the molecule is CC1C(=O)N2CCCC2C(=O)N1C1CCCc2sccc21. The van der Waals surface area contributed by atoms with Gasteiger partial charge in [-0.2, -0.15) is 0 Å². The minimum absolute atomic E-state index is 0.106. The number of aryl methyl sites for hydroxylation is 1. The summed E-state index contributed by atoms with van der Waals surface area (Å²) in [5, 5.41) is 2.12. The van der Waals surface area contributed by atoms with E-state index >= 15 is 0 Å². The van der Waals surface area contributed by atoms with Crippen molar-refractivity contribution in [2.75, 3.05) is 6.54 Å². The number of piperazine rings is 1. The Labute approximate surface area is 128 Å². The number of amides is 2. The monoisotopic (exact) mass is 304 g/mol. The van der Waals surface area contributed by atoms with Crippen LogP contribution in [-0.4, -0.2) is 40.2 Å². The molecule has 2 aliphatic heterocycles. The van der Waals surface area contributed by atoms with Crippen molar-refractivity contribution in [2.24, 2.45) is 0 Å². The van der Waals surface area contributed by atoms with Crippen molar-refractivity contribution in [3.63, 3.8) is 0 Å². The minimum Gasteiger partial charge on any atom is -0.329 e. The number of nitrogens with zero attached hydrogens (tertiary/aromatic N) is 2. The highest BCUT2D eigenvalue weighted by molar-refractivity contribution is 7.10. The first-order valence-corrected chi connectivity index (χ1v) is 8.75. The molecular formula is C16H20N2O2S. The molecule has 0 saturated carbocycles. The van der Waals surface area contributed by atoms with E-state index in [4.69, 9.17) is 0 Å². The summed E-state index contributed by atoms with van der Waals surface area (Å²) < 4.78 is 0. The second kappa shape index (κ2) is 4.83. The fourth-order valence-electron chi connectivity index (χ4n) is 4.18. The highest BCUT2D eigenvalue weighted by atomic mass is 32.1. The van der Waals surface area contributed by atoms with E-state index in [2.05, 4.69) is 11.4 Å². The van der Waals surface area contributed by atoms with Crippen molar-refractivity contribution < 1.29 is 9.59 Å². The van der Waals surface area contributed by atoms with Crippen LogP contribution in [0, 0.1) is 0 Å². The maximum absolute atomic E-state index is 12.9. The summed E-state index contributed by atoms with van der Waals surface area (Å²) in [6, 6.07) is 1.74. The van der Waals surface area contributed by atoms with Crippen LogP contribution in [0.1, 0.15) is 49.1 Å². The van der Waals surface area contributed by atoms with Crippen LogP contribution in [0.2, 0.25) is 0 Å². The summed E-state index contributed by atoms with van der Waals surface area (Å²) in [4.78, 5) is 30.6. The topological polar surface area (TPSA) is 40.6 Å². The van der Waals surface area contributed by atoms with E-state index in [9.17, 15) is 9.59 Å². The molecule has 3 atom stereocenters. The maximum atomic E-state index is 12.9. The molecule has 0 aromatic carbocycles. The lowest BCUT2D eigenvalue weighted by Crippen LogP contribution is -2.62. The Morgan fingerprint density at radius 1 is 1.14 bits per heavy atom. The number of hydrogen-bond acceptors (Lipinski definition) is 3. The van der Waals surface area contributed by atoms with Crippen LogP contribution in [0.5, 0.6) is 0 Å². The lowest BCUT2D eigenvalue weighted by Gasteiger charge is -2.45. The third-order valence-electron chi connectivity index (χ3n) is 5.21. The summed E-state index contributed by atoms with van der Waals surface area (Å²) in [6.07, 6.45) is 4.99. The number of rotatable bonds is 1. The van der Waals surface area contributed by atoms with Crippen LogP contribution < -0.4 is 0 Å². The molecule has 3 aliphatic rings. The summed E-state index contributed by atoms with van der Waals surface area (Å²) in [5.74, 6) is 0.308. The summed E-state index contributed by atoms with van der Waals surface area (Å²) in [7, 11) is 0. The van der Waals surface area contributed by atoms with E-state index in [1.54, 1.807) is 16.2 Å². The van der Waals surface area contributed by atoms with Gasteiger partial charge < -0.3 is 9.80 Å². The van der Waals surface area contributed by atoms with Gasteiger partial charge in [0.2, 0.25) is 11.8 Å². The van der Waals surface area contributed by atoms with Crippen LogP contribution in [0.4, 0.5) is 0 Å². The smallest absolute Gasteiger partial charge is 0.246 e. The Kier molecular flexibility index (Phi) is 3.06. The van der Waals surface area contributed by atoms with E-state index < -0.39 is 0 Å². The molecule has 1 aromatic rings. The van der Waals surface area contributed by atoms with Crippen LogP contribution >= 0.6 is 11.3 Å². The van der Waals surface area contributed by atoms with E-state index in [0.717, 1.165) is 38.6 Å². The Morgan fingerprint density at radius 3 is 2.81 bits per heavy atom. The molecular weight excluding hydrogens is 284 g/mol. The van der Waals surface area contributed by atoms with Gasteiger partial charge in [-0.3, -0.25) is 9.59 Å². The number of carbonyl (C=O) groups is 2. The highest BCUT2D eigenvalue weighted by Crippen LogP contribution is 2.41. The van der Waals surface area contributed by atoms with Crippen LogP contribution in [-0.2, 0) is 16.0 Å². The zero-order valence-electron chi connectivity index (χ0n) is 12.2. The van der Waals surface area contributed by atoms with E-state index in [0.29, 0.717) is 0 Å². The first-order valence-electron chi connectivity index (χ1n) is 7.87. The van der Waals surface area contributed by atoms with Gasteiger partial charge in [-0.25, -0.2) is 0 Å². The van der Waals surface area contributed by atoms with Gasteiger partial charge in [0.05, 0.1) is 6.04 Å². The zero-order valence-corrected chi connectivity index (χ0v) is 13.1. The lowest BCUT2D eigenvalue weighted by atomic mass is 9.90. The van der Waals surface area contributed by atoms with Gasteiger partial charge >= 0.3 is 0 Å². The lowest BCUT2D eigenvalue weighted by molar-refractivity contribution is -0.161. The number of carbonyl (C=O) groups excluding carboxylic acids is 2. The predicted octanol–water partition coefficient (Wildman–Crippen LogP) is 2.35. The summed E-state index contributed by atoms with van der Waals surface area (Å²) in [5.41, 5.74) is 1.28. The van der Waals surface area contributed by atoms with Crippen molar-refractivity contribution in [3.8, 4) is 0 Å². The largest absolute Gasteiger partial charge is 0.329 e. The standard InChI is InChI=1S/C16H20N2O2S/c1-10-15(19)17-8-3-5-13(17)16(20)18(10)12-4-2-6-14-11(12)7-9-21-14/h7,9-10,12-13H,2-6,8H2,1H3. The summed E-state index contributed by atoms with van der Waals surface area (Å²) in [6.45, 7) is 2.65. The van der Waals surface area contributed by atoms with Crippen molar-refractivity contribution in [1.82, 2.24) is 9.80 Å². The third-order valence-corrected chi connectivity index (χ3v) is 6.20. The molecule has 0 bridgehead atoms. The second-order valence-corrected chi connectivity index (χ2v) is 7.32. The molecule has 0 N–H and O–H groups in total. The van der Waals surface area contributed by atoms with Gasteiger partial charge in [-0.15, -0.1) is 11.3 Å². The first-order chi connectivity index (χ1) is 10.2. The van der Waals surface area contributed by atoms with Crippen molar-refractivity contribution in [3.05, 3.63) is 21.9 Å². The Balaban J connectivity index is 1.71. The van der Waals surface area contributed by atoms with Gasteiger partial charge in [0.25, 0.3) is 0 Å². The molecule has 0 spiro atoms. The average molecular weight is 304 g/mol. The Morgan fingerprint density at radius 2 is 1.95 bits per heavy atom. The molecule has 5 heteroatoms. The van der Waals surface area contributed by atoms with Crippen molar-refractivity contribution in [1.29, 1.82) is 0 Å². The normalized spacial score (nSPS) is 32.3. The molecule has 2 fully saturated rings. The number of fused-ring (bicyclic) bond motifs is 2. The third kappa shape index (κ3) is 1.86. The fourth-order valence-corrected chi connectivity index (χ4v) is 5.16. The summed E-state index contributed by atoms with van der Waals surface area (Å²) >= 11 is 1.78. The van der Waals surface area contributed by atoms with Crippen molar-refractivity contribution >= 4 is 23.2 Å². The molecule has 2 amide bonds. The number of thiophene rings is 1. The molecule has 0 radical (unpaired) electrons. The molecule has 3 heterocycles. The van der Waals surface area contributed by atoms with Gasteiger partial charge in [0.15, 0.2) is 0 Å². The molecule has 1 aliphatic carbocycles. The molecule has 3 unspecified atom stereocenters. The molecule has 4 nitrogen and oxygen atoms in total. The fraction of sp³-hybridized carbons (Fsp3) is 0.625. The Hall–Kier alpha value is -1.36. The predicted molar refractivity (Wildman–Crippen MR) is 81.0 cm³/mol. The van der Waals surface area contributed by atoms with Crippen molar-refractivity contribution in [2.45, 2.75) is 57.2 Å². The maximum Gasteiger partial charge on any atom is 0.246 e. The zero-order chi connectivity index (χ0) is 14.6. The van der Waals surface area contributed by atoms with E-state index in [1.807, 2.05) is 11.8 Å². The average Bonchev–Trinajstić information content (AvgIpc) is 3.14. The van der Waals surface area contributed by atoms with E-state index in [-0.39, 0.29) is 29.9 Å². The molecule has 112 valence electrons.